The minimum absolute atomic E-state index is 0.616. The van der Waals surface area contributed by atoms with E-state index in [-0.39, 0.29) is 0 Å². The number of rotatable bonds is 4. The van der Waals surface area contributed by atoms with Crippen LogP contribution in [-0.4, -0.2) is 30.3 Å². The van der Waals surface area contributed by atoms with Crippen LogP contribution in [0.3, 0.4) is 0 Å². The molecule has 0 amide bonds. The molecule has 0 aliphatic heterocycles. The van der Waals surface area contributed by atoms with Crippen LogP contribution in [0.1, 0.15) is 17.5 Å². The number of benzene rings is 1. The Balaban J connectivity index is 1.84. The number of anilines is 1. The summed E-state index contributed by atoms with van der Waals surface area (Å²) in [4.78, 5) is 2.01. The Kier molecular flexibility index (Phi) is 3.65. The van der Waals surface area contributed by atoms with Crippen molar-refractivity contribution in [2.75, 3.05) is 25.0 Å². The van der Waals surface area contributed by atoms with Crippen LogP contribution in [0.5, 0.6) is 0 Å². The van der Waals surface area contributed by atoms with E-state index in [0.29, 0.717) is 6.54 Å². The molecule has 1 aliphatic rings. The number of nitrogens with two attached hydrogens (primary N) is 1. The molecule has 0 radical (unpaired) electrons. The van der Waals surface area contributed by atoms with Crippen molar-refractivity contribution in [1.82, 2.24) is 10.2 Å². The molecule has 0 saturated heterocycles. The minimum Gasteiger partial charge on any atom is -0.357 e. The van der Waals surface area contributed by atoms with Crippen molar-refractivity contribution in [2.24, 2.45) is 5.73 Å². The lowest BCUT2D eigenvalue weighted by Crippen LogP contribution is -2.25. The van der Waals surface area contributed by atoms with E-state index in [9.17, 15) is 0 Å². The first-order valence-corrected chi connectivity index (χ1v) is 7.15. The Morgan fingerprint density at radius 1 is 1.10 bits per heavy atom. The highest BCUT2D eigenvalue weighted by Gasteiger charge is 2.12. The minimum atomic E-state index is 0.616. The van der Waals surface area contributed by atoms with Crippen LogP contribution >= 0.6 is 0 Å². The predicted molar refractivity (Wildman–Crippen MR) is 81.8 cm³/mol. The maximum absolute atomic E-state index is 5.55. The molecular weight excluding hydrogens is 248 g/mol. The van der Waals surface area contributed by atoms with Crippen LogP contribution in [0.15, 0.2) is 30.3 Å². The number of fused-ring (bicyclic) bond motifs is 1. The Morgan fingerprint density at radius 3 is 2.70 bits per heavy atom. The molecule has 1 aliphatic carbocycles. The monoisotopic (exact) mass is 268 g/mol. The van der Waals surface area contributed by atoms with Gasteiger partial charge in [0.15, 0.2) is 5.82 Å². The molecule has 1 aromatic heterocycles. The lowest BCUT2D eigenvalue weighted by molar-refractivity contribution is 0.848. The summed E-state index contributed by atoms with van der Waals surface area (Å²) in [5.74, 6) is 0.861. The number of likely N-dealkylation sites (N-methyl/N-ethyl adjacent to an activating group) is 1. The molecule has 0 atom stereocenters. The topological polar surface area (TPSA) is 55.0 Å². The van der Waals surface area contributed by atoms with Crippen molar-refractivity contribution in [1.29, 1.82) is 0 Å². The summed E-state index contributed by atoms with van der Waals surface area (Å²) in [5, 5.41) is 8.63. The molecular formula is C16H20N4. The number of aryl methyl sites for hydroxylation is 2. The van der Waals surface area contributed by atoms with Gasteiger partial charge in [0.25, 0.3) is 0 Å². The molecule has 2 aromatic rings. The van der Waals surface area contributed by atoms with Crippen molar-refractivity contribution < 1.29 is 0 Å². The third-order valence-corrected chi connectivity index (χ3v) is 3.90. The fourth-order valence-electron chi connectivity index (χ4n) is 2.72. The molecule has 104 valence electrons. The normalized spacial score (nSPS) is 13.3. The molecule has 2 N–H and O–H groups in total. The van der Waals surface area contributed by atoms with E-state index in [1.54, 1.807) is 0 Å². The van der Waals surface area contributed by atoms with Crippen LogP contribution in [-0.2, 0) is 12.8 Å². The summed E-state index contributed by atoms with van der Waals surface area (Å²) in [7, 11) is 1.98. The predicted octanol–water partition coefficient (Wildman–Crippen LogP) is 2.03. The van der Waals surface area contributed by atoms with Crippen LogP contribution in [0.4, 0.5) is 5.82 Å². The highest BCUT2D eigenvalue weighted by atomic mass is 15.2. The van der Waals surface area contributed by atoms with E-state index < -0.39 is 0 Å². The van der Waals surface area contributed by atoms with E-state index in [1.165, 1.54) is 30.4 Å². The van der Waals surface area contributed by atoms with E-state index >= 15 is 0 Å². The van der Waals surface area contributed by atoms with Crippen molar-refractivity contribution in [3.63, 3.8) is 0 Å². The van der Waals surface area contributed by atoms with Gasteiger partial charge < -0.3 is 10.6 Å². The zero-order chi connectivity index (χ0) is 13.9. The smallest absolute Gasteiger partial charge is 0.151 e. The SMILES string of the molecule is CN(CCN)c1ccc(-c2ccc3c(c2)CCC3)nn1. The molecule has 0 saturated carbocycles. The Hall–Kier alpha value is -1.94. The number of hydrogen-bond donors (Lipinski definition) is 1. The first kappa shape index (κ1) is 13.1. The van der Waals surface area contributed by atoms with Gasteiger partial charge in [-0.05, 0) is 48.6 Å². The van der Waals surface area contributed by atoms with Gasteiger partial charge in [-0.1, -0.05) is 12.1 Å². The van der Waals surface area contributed by atoms with E-state index in [1.807, 2.05) is 24.1 Å². The lowest BCUT2D eigenvalue weighted by atomic mass is 10.0. The summed E-state index contributed by atoms with van der Waals surface area (Å²) in [6.07, 6.45) is 3.67. The van der Waals surface area contributed by atoms with Gasteiger partial charge >= 0.3 is 0 Å². The van der Waals surface area contributed by atoms with Gasteiger partial charge in [-0.25, -0.2) is 0 Å². The van der Waals surface area contributed by atoms with Gasteiger partial charge in [0, 0.05) is 25.7 Å². The summed E-state index contributed by atoms with van der Waals surface area (Å²) >= 11 is 0. The van der Waals surface area contributed by atoms with Gasteiger partial charge in [-0.2, -0.15) is 0 Å². The van der Waals surface area contributed by atoms with Crippen LogP contribution in [0.25, 0.3) is 11.3 Å². The Morgan fingerprint density at radius 2 is 1.95 bits per heavy atom. The zero-order valence-corrected chi connectivity index (χ0v) is 11.8. The highest BCUT2D eigenvalue weighted by molar-refractivity contribution is 5.62. The van der Waals surface area contributed by atoms with Crippen LogP contribution in [0, 0.1) is 0 Å². The van der Waals surface area contributed by atoms with Gasteiger partial charge in [-0.15, -0.1) is 10.2 Å². The molecule has 4 heteroatoms. The molecule has 4 nitrogen and oxygen atoms in total. The van der Waals surface area contributed by atoms with Gasteiger partial charge in [0.05, 0.1) is 5.69 Å². The molecule has 3 rings (SSSR count). The van der Waals surface area contributed by atoms with Crippen LogP contribution in [0.2, 0.25) is 0 Å². The highest BCUT2D eigenvalue weighted by Crippen LogP contribution is 2.27. The quantitative estimate of drug-likeness (QED) is 0.922. The van der Waals surface area contributed by atoms with Crippen molar-refractivity contribution in [2.45, 2.75) is 19.3 Å². The van der Waals surface area contributed by atoms with Crippen molar-refractivity contribution in [3.05, 3.63) is 41.5 Å². The van der Waals surface area contributed by atoms with Crippen molar-refractivity contribution in [3.8, 4) is 11.3 Å². The maximum atomic E-state index is 5.55. The number of nitrogens with zero attached hydrogens (tertiary/aromatic N) is 3. The van der Waals surface area contributed by atoms with Gasteiger partial charge in [-0.3, -0.25) is 0 Å². The van der Waals surface area contributed by atoms with E-state index in [0.717, 1.165) is 23.6 Å². The molecule has 20 heavy (non-hydrogen) atoms. The van der Waals surface area contributed by atoms with E-state index in [2.05, 4.69) is 28.4 Å². The van der Waals surface area contributed by atoms with Crippen LogP contribution < -0.4 is 10.6 Å². The molecule has 0 bridgehead atoms. The Labute approximate surface area is 119 Å². The molecule has 1 heterocycles. The largest absolute Gasteiger partial charge is 0.357 e. The second-order valence-corrected chi connectivity index (χ2v) is 5.32. The molecule has 0 spiro atoms. The molecule has 1 aromatic carbocycles. The second kappa shape index (κ2) is 5.59. The van der Waals surface area contributed by atoms with E-state index in [4.69, 9.17) is 5.73 Å². The van der Waals surface area contributed by atoms with Gasteiger partial charge in [0.2, 0.25) is 0 Å². The molecule has 0 fully saturated rings. The fourth-order valence-corrected chi connectivity index (χ4v) is 2.72. The third-order valence-electron chi connectivity index (χ3n) is 3.90. The number of aromatic nitrogens is 2. The number of hydrogen-bond acceptors (Lipinski definition) is 4. The summed E-state index contributed by atoms with van der Waals surface area (Å²) in [5.41, 5.74) is 10.6. The first-order chi connectivity index (χ1) is 9.78. The zero-order valence-electron chi connectivity index (χ0n) is 11.8. The van der Waals surface area contributed by atoms with Crippen molar-refractivity contribution >= 4 is 5.82 Å². The second-order valence-electron chi connectivity index (χ2n) is 5.32. The summed E-state index contributed by atoms with van der Waals surface area (Å²) in [6.45, 7) is 1.40. The average Bonchev–Trinajstić information content (AvgIpc) is 2.95. The average molecular weight is 268 g/mol. The molecule has 0 unspecified atom stereocenters. The third kappa shape index (κ3) is 2.51. The fraction of sp³-hybridized carbons (Fsp3) is 0.375. The summed E-state index contributed by atoms with van der Waals surface area (Å²) in [6, 6.07) is 10.7. The maximum Gasteiger partial charge on any atom is 0.151 e. The van der Waals surface area contributed by atoms with Gasteiger partial charge in [0.1, 0.15) is 0 Å². The summed E-state index contributed by atoms with van der Waals surface area (Å²) < 4.78 is 0. The first-order valence-electron chi connectivity index (χ1n) is 7.15. The lowest BCUT2D eigenvalue weighted by Gasteiger charge is -2.16. The standard InChI is InChI=1S/C16H20N4/c1-20(10-9-17)16-8-7-15(18-19-16)14-6-5-12-3-2-4-13(12)11-14/h5-8,11H,2-4,9-10,17H2,1H3. The Bertz CT molecular complexity index is 592.